The molecule has 0 radical (unpaired) electrons. The SMILES string of the molecule is CCCNC(c1ccc(C)nc1)c1ccc(Cl)c(Br)c1. The molecule has 0 spiro atoms. The van der Waals surface area contributed by atoms with E-state index in [1.165, 1.54) is 11.1 Å². The predicted octanol–water partition coefficient (Wildman–Crippen LogP) is 4.89. The van der Waals surface area contributed by atoms with E-state index in [0.29, 0.717) is 0 Å². The number of aromatic nitrogens is 1. The van der Waals surface area contributed by atoms with Crippen LogP contribution in [0.15, 0.2) is 41.0 Å². The number of benzene rings is 1. The van der Waals surface area contributed by atoms with Crippen molar-refractivity contribution in [3.05, 3.63) is 62.8 Å². The Morgan fingerprint density at radius 3 is 2.60 bits per heavy atom. The van der Waals surface area contributed by atoms with Crippen LogP contribution >= 0.6 is 27.5 Å². The van der Waals surface area contributed by atoms with E-state index >= 15 is 0 Å². The van der Waals surface area contributed by atoms with Crippen LogP contribution in [-0.4, -0.2) is 11.5 Å². The van der Waals surface area contributed by atoms with Crippen LogP contribution in [0.25, 0.3) is 0 Å². The first-order chi connectivity index (χ1) is 9.61. The van der Waals surface area contributed by atoms with E-state index in [4.69, 9.17) is 11.6 Å². The number of hydrogen-bond donors (Lipinski definition) is 1. The molecule has 0 amide bonds. The second-order valence-electron chi connectivity index (χ2n) is 4.79. The lowest BCUT2D eigenvalue weighted by atomic mass is 10.00. The van der Waals surface area contributed by atoms with Crippen molar-refractivity contribution < 1.29 is 0 Å². The van der Waals surface area contributed by atoms with Crippen molar-refractivity contribution in [2.45, 2.75) is 26.3 Å². The summed E-state index contributed by atoms with van der Waals surface area (Å²) in [6.07, 6.45) is 3.02. The lowest BCUT2D eigenvalue weighted by molar-refractivity contribution is 0.596. The van der Waals surface area contributed by atoms with Crippen LogP contribution in [0, 0.1) is 6.92 Å². The van der Waals surface area contributed by atoms with Crippen LogP contribution in [0.3, 0.4) is 0 Å². The maximum atomic E-state index is 6.08. The summed E-state index contributed by atoms with van der Waals surface area (Å²) in [6.45, 7) is 5.12. The van der Waals surface area contributed by atoms with Gasteiger partial charge in [0.2, 0.25) is 0 Å². The Hall–Kier alpha value is -0.900. The van der Waals surface area contributed by atoms with Gasteiger partial charge in [0.15, 0.2) is 0 Å². The van der Waals surface area contributed by atoms with Crippen LogP contribution in [0.2, 0.25) is 5.02 Å². The van der Waals surface area contributed by atoms with E-state index in [0.717, 1.165) is 28.2 Å². The first-order valence-electron chi connectivity index (χ1n) is 6.72. The predicted molar refractivity (Wildman–Crippen MR) is 88.3 cm³/mol. The number of nitrogens with zero attached hydrogens (tertiary/aromatic N) is 1. The van der Waals surface area contributed by atoms with Crippen LogP contribution in [0.5, 0.6) is 0 Å². The fourth-order valence-corrected chi connectivity index (χ4v) is 2.57. The Morgan fingerprint density at radius 1 is 1.25 bits per heavy atom. The molecule has 1 aromatic heterocycles. The van der Waals surface area contributed by atoms with E-state index in [1.54, 1.807) is 0 Å². The highest BCUT2D eigenvalue weighted by atomic mass is 79.9. The molecule has 0 saturated heterocycles. The average Bonchev–Trinajstić information content (AvgIpc) is 2.45. The van der Waals surface area contributed by atoms with Crippen molar-refractivity contribution in [2.75, 3.05) is 6.54 Å². The van der Waals surface area contributed by atoms with Gasteiger partial charge in [-0.05, 0) is 65.1 Å². The molecule has 2 rings (SSSR count). The topological polar surface area (TPSA) is 24.9 Å². The van der Waals surface area contributed by atoms with Crippen LogP contribution in [0.4, 0.5) is 0 Å². The first kappa shape index (κ1) is 15.5. The van der Waals surface area contributed by atoms with E-state index in [-0.39, 0.29) is 6.04 Å². The molecule has 20 heavy (non-hydrogen) atoms. The van der Waals surface area contributed by atoms with Crippen molar-refractivity contribution in [2.24, 2.45) is 0 Å². The van der Waals surface area contributed by atoms with E-state index in [1.807, 2.05) is 25.3 Å². The highest BCUT2D eigenvalue weighted by Crippen LogP contribution is 2.29. The summed E-state index contributed by atoms with van der Waals surface area (Å²) < 4.78 is 0.917. The number of hydrogen-bond acceptors (Lipinski definition) is 2. The molecule has 1 unspecified atom stereocenters. The first-order valence-corrected chi connectivity index (χ1v) is 7.89. The van der Waals surface area contributed by atoms with Gasteiger partial charge in [0.1, 0.15) is 0 Å². The standard InChI is InChI=1S/C16H18BrClN2/c1-3-8-19-16(13-5-4-11(2)20-10-13)12-6-7-15(18)14(17)9-12/h4-7,9-10,16,19H,3,8H2,1-2H3. The molecule has 0 saturated carbocycles. The van der Waals surface area contributed by atoms with Crippen molar-refractivity contribution in [1.29, 1.82) is 0 Å². The van der Waals surface area contributed by atoms with Gasteiger partial charge in [-0.3, -0.25) is 4.98 Å². The van der Waals surface area contributed by atoms with Gasteiger partial charge >= 0.3 is 0 Å². The highest BCUT2D eigenvalue weighted by molar-refractivity contribution is 9.10. The number of halogens is 2. The van der Waals surface area contributed by atoms with Crippen LogP contribution in [0.1, 0.15) is 36.2 Å². The smallest absolute Gasteiger partial charge is 0.0592 e. The number of aryl methyl sites for hydroxylation is 1. The Labute approximate surface area is 133 Å². The Morgan fingerprint density at radius 2 is 2.00 bits per heavy atom. The quantitative estimate of drug-likeness (QED) is 0.827. The molecule has 1 atom stereocenters. The van der Waals surface area contributed by atoms with Gasteiger partial charge in [0.05, 0.1) is 11.1 Å². The minimum Gasteiger partial charge on any atom is -0.306 e. The van der Waals surface area contributed by atoms with E-state index in [2.05, 4.69) is 51.4 Å². The van der Waals surface area contributed by atoms with Gasteiger partial charge < -0.3 is 5.32 Å². The van der Waals surface area contributed by atoms with Gasteiger partial charge in [-0.2, -0.15) is 0 Å². The van der Waals surface area contributed by atoms with Crippen molar-refractivity contribution in [1.82, 2.24) is 10.3 Å². The molecule has 1 N–H and O–H groups in total. The van der Waals surface area contributed by atoms with E-state index in [9.17, 15) is 0 Å². The van der Waals surface area contributed by atoms with Crippen LogP contribution < -0.4 is 5.32 Å². The summed E-state index contributed by atoms with van der Waals surface area (Å²) in [4.78, 5) is 4.40. The number of nitrogens with one attached hydrogen (secondary N) is 1. The molecule has 1 aromatic carbocycles. The van der Waals surface area contributed by atoms with Crippen LogP contribution in [-0.2, 0) is 0 Å². The maximum absolute atomic E-state index is 6.08. The number of rotatable bonds is 5. The summed E-state index contributed by atoms with van der Waals surface area (Å²) in [5.74, 6) is 0. The molecular weight excluding hydrogens is 336 g/mol. The Balaban J connectivity index is 2.35. The van der Waals surface area contributed by atoms with E-state index < -0.39 is 0 Å². The molecule has 2 nitrogen and oxygen atoms in total. The normalized spacial score (nSPS) is 12.4. The van der Waals surface area contributed by atoms with Crippen molar-refractivity contribution >= 4 is 27.5 Å². The van der Waals surface area contributed by atoms with Crippen molar-refractivity contribution in [3.8, 4) is 0 Å². The molecule has 0 aliphatic heterocycles. The molecule has 2 aromatic rings. The second-order valence-corrected chi connectivity index (χ2v) is 6.06. The largest absolute Gasteiger partial charge is 0.306 e. The molecule has 0 aliphatic carbocycles. The minimum atomic E-state index is 0.136. The van der Waals surface area contributed by atoms with Gasteiger partial charge in [-0.15, -0.1) is 0 Å². The van der Waals surface area contributed by atoms with Gasteiger partial charge in [-0.1, -0.05) is 30.7 Å². The van der Waals surface area contributed by atoms with Crippen molar-refractivity contribution in [3.63, 3.8) is 0 Å². The molecule has 0 bridgehead atoms. The average molecular weight is 354 g/mol. The minimum absolute atomic E-state index is 0.136. The van der Waals surface area contributed by atoms with Gasteiger partial charge in [0, 0.05) is 16.4 Å². The Bertz CT molecular complexity index is 569. The molecule has 106 valence electrons. The number of pyridine rings is 1. The fourth-order valence-electron chi connectivity index (χ4n) is 2.06. The third kappa shape index (κ3) is 3.81. The molecule has 1 heterocycles. The zero-order chi connectivity index (χ0) is 14.5. The van der Waals surface area contributed by atoms with Gasteiger partial charge in [0.25, 0.3) is 0 Å². The zero-order valence-corrected chi connectivity index (χ0v) is 14.0. The maximum Gasteiger partial charge on any atom is 0.0592 e. The third-order valence-electron chi connectivity index (χ3n) is 3.14. The second kappa shape index (κ2) is 7.21. The molecule has 0 aliphatic rings. The lowest BCUT2D eigenvalue weighted by Crippen LogP contribution is -2.23. The zero-order valence-electron chi connectivity index (χ0n) is 11.7. The molecular formula is C16H18BrClN2. The fraction of sp³-hybridized carbons (Fsp3) is 0.312. The monoisotopic (exact) mass is 352 g/mol. The third-order valence-corrected chi connectivity index (χ3v) is 4.36. The summed E-state index contributed by atoms with van der Waals surface area (Å²) in [5, 5.41) is 4.29. The highest BCUT2D eigenvalue weighted by Gasteiger charge is 2.14. The molecule has 4 heteroatoms. The van der Waals surface area contributed by atoms with Gasteiger partial charge in [-0.25, -0.2) is 0 Å². The lowest BCUT2D eigenvalue weighted by Gasteiger charge is -2.20. The summed E-state index contributed by atoms with van der Waals surface area (Å²) in [7, 11) is 0. The Kier molecular flexibility index (Phi) is 5.58. The molecule has 0 fully saturated rings. The summed E-state index contributed by atoms with van der Waals surface area (Å²) in [5.41, 5.74) is 3.37. The summed E-state index contributed by atoms with van der Waals surface area (Å²) >= 11 is 9.57. The summed E-state index contributed by atoms with van der Waals surface area (Å²) in [6, 6.07) is 10.3.